The van der Waals surface area contributed by atoms with E-state index in [1.807, 2.05) is 30.3 Å². The summed E-state index contributed by atoms with van der Waals surface area (Å²) in [5, 5.41) is 9.14. The molecule has 0 aliphatic carbocycles. The third-order valence-corrected chi connectivity index (χ3v) is 3.85. The van der Waals surface area contributed by atoms with E-state index in [1.54, 1.807) is 0 Å². The number of benzene rings is 1. The minimum atomic E-state index is -0.717. The van der Waals surface area contributed by atoms with Crippen molar-refractivity contribution in [3.05, 3.63) is 35.9 Å². The SMILES string of the molecule is CCC1CCCN1C(CC(=O)O)c1ccccc1. The molecule has 1 fully saturated rings. The predicted octanol–water partition coefficient (Wildman–Crippen LogP) is 3.08. The van der Waals surface area contributed by atoms with Crippen molar-refractivity contribution in [2.45, 2.75) is 44.7 Å². The van der Waals surface area contributed by atoms with Crippen molar-refractivity contribution < 1.29 is 9.90 Å². The van der Waals surface area contributed by atoms with Gasteiger partial charge in [-0.15, -0.1) is 0 Å². The number of nitrogens with zero attached hydrogens (tertiary/aromatic N) is 1. The Kier molecular flexibility index (Phi) is 4.37. The van der Waals surface area contributed by atoms with Crippen LogP contribution in [-0.4, -0.2) is 28.6 Å². The van der Waals surface area contributed by atoms with E-state index in [9.17, 15) is 4.79 Å². The summed E-state index contributed by atoms with van der Waals surface area (Å²) in [4.78, 5) is 13.5. The minimum absolute atomic E-state index is 0.0242. The first-order valence-corrected chi connectivity index (χ1v) is 6.75. The Balaban J connectivity index is 2.22. The average molecular weight is 247 g/mol. The molecular formula is C15H21NO2. The molecule has 0 radical (unpaired) electrons. The minimum Gasteiger partial charge on any atom is -0.481 e. The fourth-order valence-electron chi connectivity index (χ4n) is 2.97. The van der Waals surface area contributed by atoms with E-state index in [0.717, 1.165) is 18.5 Å². The molecule has 0 bridgehead atoms. The molecule has 98 valence electrons. The zero-order valence-electron chi connectivity index (χ0n) is 10.9. The number of rotatable bonds is 5. The number of carbonyl (C=O) groups is 1. The molecule has 1 aromatic carbocycles. The first-order valence-electron chi connectivity index (χ1n) is 6.75. The normalized spacial score (nSPS) is 21.9. The van der Waals surface area contributed by atoms with Gasteiger partial charge in [-0.05, 0) is 31.4 Å². The van der Waals surface area contributed by atoms with Crippen LogP contribution in [-0.2, 0) is 4.79 Å². The number of aliphatic carboxylic acids is 1. The highest BCUT2D eigenvalue weighted by Crippen LogP contribution is 2.32. The van der Waals surface area contributed by atoms with Crippen LogP contribution in [0.15, 0.2) is 30.3 Å². The van der Waals surface area contributed by atoms with Gasteiger partial charge in [-0.2, -0.15) is 0 Å². The van der Waals surface area contributed by atoms with Crippen LogP contribution in [0.2, 0.25) is 0 Å². The monoisotopic (exact) mass is 247 g/mol. The van der Waals surface area contributed by atoms with Crippen molar-refractivity contribution in [2.24, 2.45) is 0 Å². The van der Waals surface area contributed by atoms with Crippen LogP contribution >= 0.6 is 0 Å². The highest BCUT2D eigenvalue weighted by atomic mass is 16.4. The summed E-state index contributed by atoms with van der Waals surface area (Å²) in [5.74, 6) is -0.717. The van der Waals surface area contributed by atoms with E-state index >= 15 is 0 Å². The summed E-state index contributed by atoms with van der Waals surface area (Å²) in [6.45, 7) is 3.21. The van der Waals surface area contributed by atoms with E-state index in [1.165, 1.54) is 12.8 Å². The Morgan fingerprint density at radius 1 is 1.44 bits per heavy atom. The summed E-state index contributed by atoms with van der Waals surface area (Å²) in [6.07, 6.45) is 3.67. The smallest absolute Gasteiger partial charge is 0.305 e. The zero-order valence-corrected chi connectivity index (χ0v) is 10.9. The molecule has 0 spiro atoms. The largest absolute Gasteiger partial charge is 0.481 e. The number of carboxylic acid groups (broad SMARTS) is 1. The molecule has 2 atom stereocenters. The highest BCUT2D eigenvalue weighted by Gasteiger charge is 2.31. The molecule has 3 nitrogen and oxygen atoms in total. The Hall–Kier alpha value is -1.35. The summed E-state index contributed by atoms with van der Waals surface area (Å²) < 4.78 is 0. The Morgan fingerprint density at radius 2 is 2.17 bits per heavy atom. The molecule has 3 heteroatoms. The molecule has 0 saturated carbocycles. The maximum absolute atomic E-state index is 11.1. The number of hydrogen-bond acceptors (Lipinski definition) is 2. The van der Waals surface area contributed by atoms with Gasteiger partial charge in [-0.3, -0.25) is 9.69 Å². The lowest BCUT2D eigenvalue weighted by Crippen LogP contribution is -2.34. The first-order chi connectivity index (χ1) is 8.72. The Labute approximate surface area is 108 Å². The van der Waals surface area contributed by atoms with Crippen molar-refractivity contribution in [1.82, 2.24) is 4.90 Å². The molecule has 1 aliphatic heterocycles. The van der Waals surface area contributed by atoms with Gasteiger partial charge < -0.3 is 5.11 Å². The second-order valence-electron chi connectivity index (χ2n) is 4.97. The van der Waals surface area contributed by atoms with E-state index in [4.69, 9.17) is 5.11 Å². The van der Waals surface area contributed by atoms with Gasteiger partial charge in [0.05, 0.1) is 6.42 Å². The average Bonchev–Trinajstić information content (AvgIpc) is 2.85. The van der Waals surface area contributed by atoms with Crippen LogP contribution in [0.5, 0.6) is 0 Å². The zero-order chi connectivity index (χ0) is 13.0. The quantitative estimate of drug-likeness (QED) is 0.869. The summed E-state index contributed by atoms with van der Waals surface area (Å²) in [6, 6.07) is 10.6. The van der Waals surface area contributed by atoms with Gasteiger partial charge in [0.2, 0.25) is 0 Å². The first kappa shape index (κ1) is 13.1. The third kappa shape index (κ3) is 2.91. The Bertz CT molecular complexity index is 391. The maximum atomic E-state index is 11.1. The summed E-state index contributed by atoms with van der Waals surface area (Å²) >= 11 is 0. The molecular weight excluding hydrogens is 226 g/mol. The molecule has 2 rings (SSSR count). The van der Waals surface area contributed by atoms with Gasteiger partial charge in [0, 0.05) is 12.1 Å². The van der Waals surface area contributed by atoms with Crippen molar-refractivity contribution in [2.75, 3.05) is 6.54 Å². The lowest BCUT2D eigenvalue weighted by molar-refractivity contribution is -0.138. The molecule has 1 heterocycles. The van der Waals surface area contributed by atoms with Crippen LogP contribution in [0.4, 0.5) is 0 Å². The fourth-order valence-corrected chi connectivity index (χ4v) is 2.97. The highest BCUT2D eigenvalue weighted by molar-refractivity contribution is 5.68. The third-order valence-electron chi connectivity index (χ3n) is 3.85. The predicted molar refractivity (Wildman–Crippen MR) is 71.5 cm³/mol. The summed E-state index contributed by atoms with van der Waals surface area (Å²) in [5.41, 5.74) is 1.13. The second kappa shape index (κ2) is 6.01. The van der Waals surface area contributed by atoms with Crippen LogP contribution in [0.25, 0.3) is 0 Å². The van der Waals surface area contributed by atoms with Crippen molar-refractivity contribution in [3.8, 4) is 0 Å². The van der Waals surface area contributed by atoms with Crippen molar-refractivity contribution in [1.29, 1.82) is 0 Å². The Morgan fingerprint density at radius 3 is 2.78 bits per heavy atom. The van der Waals surface area contributed by atoms with E-state index in [2.05, 4.69) is 11.8 Å². The van der Waals surface area contributed by atoms with Gasteiger partial charge in [0.25, 0.3) is 0 Å². The van der Waals surface area contributed by atoms with Gasteiger partial charge in [-0.25, -0.2) is 0 Å². The van der Waals surface area contributed by atoms with Crippen molar-refractivity contribution >= 4 is 5.97 Å². The molecule has 0 amide bonds. The van der Waals surface area contributed by atoms with Crippen LogP contribution in [0.3, 0.4) is 0 Å². The maximum Gasteiger partial charge on any atom is 0.305 e. The van der Waals surface area contributed by atoms with E-state index < -0.39 is 5.97 Å². The summed E-state index contributed by atoms with van der Waals surface area (Å²) in [7, 11) is 0. The molecule has 1 aromatic rings. The van der Waals surface area contributed by atoms with Crippen LogP contribution in [0.1, 0.15) is 44.2 Å². The van der Waals surface area contributed by atoms with Gasteiger partial charge in [0.15, 0.2) is 0 Å². The van der Waals surface area contributed by atoms with Crippen molar-refractivity contribution in [3.63, 3.8) is 0 Å². The topological polar surface area (TPSA) is 40.5 Å². The molecule has 18 heavy (non-hydrogen) atoms. The molecule has 0 aromatic heterocycles. The van der Waals surface area contributed by atoms with Gasteiger partial charge in [0.1, 0.15) is 0 Å². The molecule has 1 aliphatic rings. The molecule has 1 N–H and O–H groups in total. The number of hydrogen-bond donors (Lipinski definition) is 1. The van der Waals surface area contributed by atoms with E-state index in [-0.39, 0.29) is 12.5 Å². The molecule has 2 unspecified atom stereocenters. The number of carboxylic acids is 1. The van der Waals surface area contributed by atoms with E-state index in [0.29, 0.717) is 6.04 Å². The van der Waals surface area contributed by atoms with Gasteiger partial charge >= 0.3 is 5.97 Å². The number of likely N-dealkylation sites (tertiary alicyclic amines) is 1. The van der Waals surface area contributed by atoms with Gasteiger partial charge in [-0.1, -0.05) is 37.3 Å². The van der Waals surface area contributed by atoms with Crippen LogP contribution < -0.4 is 0 Å². The van der Waals surface area contributed by atoms with Crippen LogP contribution in [0, 0.1) is 0 Å². The fraction of sp³-hybridized carbons (Fsp3) is 0.533. The lowest BCUT2D eigenvalue weighted by atomic mass is 10.0. The second-order valence-corrected chi connectivity index (χ2v) is 4.97. The molecule has 1 saturated heterocycles. The lowest BCUT2D eigenvalue weighted by Gasteiger charge is -2.32. The standard InChI is InChI=1S/C15H21NO2/c1-2-13-9-6-10-16(13)14(11-15(17)18)12-7-4-3-5-8-12/h3-5,7-8,13-14H,2,6,9-11H2,1H3,(H,17,18).